The first-order valence-corrected chi connectivity index (χ1v) is 36.8. The van der Waals surface area contributed by atoms with Crippen LogP contribution in [0.15, 0.2) is 85.1 Å². The fourth-order valence-electron chi connectivity index (χ4n) is 12.0. The van der Waals surface area contributed by atoms with Crippen molar-refractivity contribution >= 4 is 5.91 Å². The molecule has 12 N–H and O–H groups in total. The van der Waals surface area contributed by atoms with Crippen LogP contribution in [0.25, 0.3) is 0 Å². The summed E-state index contributed by atoms with van der Waals surface area (Å²) in [5.74, 6) is -0.278. The van der Waals surface area contributed by atoms with Gasteiger partial charge in [-0.2, -0.15) is 0 Å². The summed E-state index contributed by atoms with van der Waals surface area (Å²) in [4.78, 5) is 13.3. The van der Waals surface area contributed by atoms with Crippen molar-refractivity contribution in [3.63, 3.8) is 0 Å². The number of carbonyl (C=O) groups is 1. The smallest absolute Gasteiger partial charge is 0.220 e. The Morgan fingerprint density at radius 2 is 0.734 bits per heavy atom. The summed E-state index contributed by atoms with van der Waals surface area (Å²) in [5.41, 5.74) is 0. The molecular weight excluding hydrogens is 1200 g/mol. The molecule has 3 saturated heterocycles. The van der Waals surface area contributed by atoms with Crippen molar-refractivity contribution < 1.29 is 89.4 Å². The van der Waals surface area contributed by atoms with Crippen molar-refractivity contribution in [3.8, 4) is 0 Å². The van der Waals surface area contributed by atoms with Crippen LogP contribution < -0.4 is 5.32 Å². The number of rotatable bonds is 56. The van der Waals surface area contributed by atoms with Gasteiger partial charge in [-0.25, -0.2) is 0 Å². The summed E-state index contributed by atoms with van der Waals surface area (Å²) in [5, 5.41) is 120. The van der Waals surface area contributed by atoms with Crippen LogP contribution in [-0.2, 0) is 33.2 Å². The molecule has 19 heteroatoms. The van der Waals surface area contributed by atoms with E-state index in [9.17, 15) is 61.0 Å². The first-order chi connectivity index (χ1) is 45.8. The molecule has 0 aromatic rings. The van der Waals surface area contributed by atoms with Gasteiger partial charge in [0.1, 0.15) is 73.2 Å². The minimum atomic E-state index is -1.98. The van der Waals surface area contributed by atoms with E-state index >= 15 is 0 Å². The highest BCUT2D eigenvalue weighted by atomic mass is 16.8. The molecule has 0 aliphatic carbocycles. The number of nitrogens with one attached hydrogen (secondary N) is 1. The van der Waals surface area contributed by atoms with Crippen LogP contribution in [-0.4, -0.2) is 193 Å². The summed E-state index contributed by atoms with van der Waals surface area (Å²) in [6.45, 7) is 1.56. The molecule has 0 radical (unpaired) electrons. The quantitative estimate of drug-likeness (QED) is 0.0199. The summed E-state index contributed by atoms with van der Waals surface area (Å²) in [7, 11) is 0. The number of hydrogen-bond donors (Lipinski definition) is 12. The molecule has 0 spiro atoms. The van der Waals surface area contributed by atoms with Crippen molar-refractivity contribution in [1.82, 2.24) is 5.32 Å². The van der Waals surface area contributed by atoms with Crippen LogP contribution in [0.5, 0.6) is 0 Å². The number of aliphatic hydroxyl groups is 11. The maximum atomic E-state index is 13.3. The Morgan fingerprint density at radius 1 is 0.394 bits per heavy atom. The molecule has 3 rings (SSSR count). The fraction of sp³-hybridized carbons (Fsp3) is 0.800. The molecule has 19 nitrogen and oxygen atoms in total. The van der Waals surface area contributed by atoms with Gasteiger partial charge < -0.3 is 89.9 Å². The summed E-state index contributed by atoms with van der Waals surface area (Å²) < 4.78 is 34.2. The van der Waals surface area contributed by atoms with E-state index in [4.69, 9.17) is 28.4 Å². The highest BCUT2D eigenvalue weighted by Gasteiger charge is 2.53. The zero-order valence-electron chi connectivity index (χ0n) is 57.7. The summed E-state index contributed by atoms with van der Waals surface area (Å²) in [6.07, 6.45) is 46.4. The molecule has 0 saturated carbocycles. The highest BCUT2D eigenvalue weighted by molar-refractivity contribution is 5.76. The minimum Gasteiger partial charge on any atom is -0.394 e. The van der Waals surface area contributed by atoms with E-state index < -0.39 is 124 Å². The second-order valence-electron chi connectivity index (χ2n) is 26.0. The predicted molar refractivity (Wildman–Crippen MR) is 369 cm³/mol. The van der Waals surface area contributed by atoms with Gasteiger partial charge in [0.25, 0.3) is 0 Å². The Bertz CT molecular complexity index is 2030. The number of hydrogen-bond acceptors (Lipinski definition) is 18. The fourth-order valence-corrected chi connectivity index (χ4v) is 12.0. The highest BCUT2D eigenvalue weighted by Crippen LogP contribution is 2.33. The second kappa shape index (κ2) is 55.8. The van der Waals surface area contributed by atoms with Crippen LogP contribution in [0.3, 0.4) is 0 Å². The lowest BCUT2D eigenvalue weighted by Crippen LogP contribution is -2.66. The SMILES string of the molecule is CC/C=C\C/C=C\C/C=C\C/C=C\C/C=C\C/C=C\CCCCCCCCCCCCCCCCCCCCCCCCC(=O)NC(COC1OC(CO)C(OC2OC(CO)C(OC3OC(CO)C(O)C(O)C3O)C(O)C2O)C(O)C1O)C(O)/C=C/CCCCCCCC. The Kier molecular flexibility index (Phi) is 50.6. The third-order valence-electron chi connectivity index (χ3n) is 17.9. The number of unbranched alkanes of at least 4 members (excludes halogenated alkanes) is 28. The maximum absolute atomic E-state index is 13.3. The standard InChI is InChI=1S/C75H131NO18/c1-3-5-7-9-11-13-14-15-16-17-18-19-20-21-22-23-24-25-26-27-28-29-30-31-32-33-34-35-36-37-38-39-40-41-42-43-44-45-47-49-51-53-63(81)76-58(59(80)52-50-48-46-12-10-8-6-4-2)57-89-73-69(87)66(84)71(61(55-78)91-73)94-75-70(88)67(85)72(62(56-79)92-75)93-74-68(86)65(83)64(82)60(54-77)90-74/h5,7,11,13,15-16,18-19,21-22,24-25,50,52,58-62,64-75,77-80,82-88H,3-4,6,8-10,12,14,17,20,23,26-49,51,53-57H2,1-2H3,(H,76,81)/b7-5-,13-11-,16-15-,19-18-,22-21-,25-24-,52-50+. The van der Waals surface area contributed by atoms with Gasteiger partial charge in [0, 0.05) is 6.42 Å². The number of allylic oxidation sites excluding steroid dienone is 13. The molecule has 3 aliphatic heterocycles. The molecule has 544 valence electrons. The van der Waals surface area contributed by atoms with Gasteiger partial charge in [-0.1, -0.05) is 259 Å². The van der Waals surface area contributed by atoms with Gasteiger partial charge >= 0.3 is 0 Å². The zero-order valence-corrected chi connectivity index (χ0v) is 57.7. The Hall–Kier alpha value is -3.03. The molecule has 0 aromatic carbocycles. The lowest BCUT2D eigenvalue weighted by atomic mass is 9.96. The average molecular weight is 1330 g/mol. The molecule has 17 unspecified atom stereocenters. The van der Waals surface area contributed by atoms with E-state index in [0.29, 0.717) is 6.42 Å². The third kappa shape index (κ3) is 36.7. The number of amides is 1. The molecule has 3 aliphatic rings. The van der Waals surface area contributed by atoms with Crippen LogP contribution >= 0.6 is 0 Å². The first kappa shape index (κ1) is 85.2. The monoisotopic (exact) mass is 1330 g/mol. The largest absolute Gasteiger partial charge is 0.394 e. The normalized spacial score (nSPS) is 27.9. The van der Waals surface area contributed by atoms with Crippen molar-refractivity contribution in [1.29, 1.82) is 0 Å². The zero-order chi connectivity index (χ0) is 68.2. The molecular formula is C75H131NO18. The van der Waals surface area contributed by atoms with Gasteiger partial charge in [0.05, 0.1) is 38.6 Å². The van der Waals surface area contributed by atoms with Crippen molar-refractivity contribution in [3.05, 3.63) is 85.1 Å². The Labute approximate surface area is 565 Å². The van der Waals surface area contributed by atoms with E-state index in [-0.39, 0.29) is 18.9 Å². The van der Waals surface area contributed by atoms with Gasteiger partial charge in [0.2, 0.25) is 5.91 Å². The Balaban J connectivity index is 1.24. The van der Waals surface area contributed by atoms with Crippen LogP contribution in [0.1, 0.15) is 251 Å². The average Bonchev–Trinajstić information content (AvgIpc) is 0.834. The summed E-state index contributed by atoms with van der Waals surface area (Å²) in [6, 6.07) is -0.971. The number of aliphatic hydroxyl groups excluding tert-OH is 11. The predicted octanol–water partition coefficient (Wildman–Crippen LogP) is 10.7. The second-order valence-corrected chi connectivity index (χ2v) is 26.0. The molecule has 3 fully saturated rings. The van der Waals surface area contributed by atoms with Crippen molar-refractivity contribution in [2.75, 3.05) is 26.4 Å². The molecule has 3 heterocycles. The van der Waals surface area contributed by atoms with E-state index in [2.05, 4.69) is 92.1 Å². The van der Waals surface area contributed by atoms with E-state index in [0.717, 1.165) is 89.9 Å². The maximum Gasteiger partial charge on any atom is 0.220 e. The van der Waals surface area contributed by atoms with Gasteiger partial charge in [-0.3, -0.25) is 4.79 Å². The molecule has 1 amide bonds. The molecule has 0 bridgehead atoms. The topological polar surface area (TPSA) is 307 Å². The third-order valence-corrected chi connectivity index (χ3v) is 17.9. The van der Waals surface area contributed by atoms with Gasteiger partial charge in [-0.15, -0.1) is 0 Å². The van der Waals surface area contributed by atoms with Gasteiger partial charge in [-0.05, 0) is 70.6 Å². The van der Waals surface area contributed by atoms with Crippen LogP contribution in [0.2, 0.25) is 0 Å². The lowest BCUT2D eigenvalue weighted by molar-refractivity contribution is -0.379. The first-order valence-electron chi connectivity index (χ1n) is 36.8. The van der Waals surface area contributed by atoms with Crippen LogP contribution in [0.4, 0.5) is 0 Å². The molecule has 17 atom stereocenters. The molecule has 0 aromatic heterocycles. The van der Waals surface area contributed by atoms with Crippen LogP contribution in [0, 0.1) is 0 Å². The number of ether oxygens (including phenoxy) is 6. The van der Waals surface area contributed by atoms with E-state index in [1.807, 2.05) is 6.08 Å². The summed E-state index contributed by atoms with van der Waals surface area (Å²) >= 11 is 0. The van der Waals surface area contributed by atoms with E-state index in [1.165, 1.54) is 135 Å². The molecule has 94 heavy (non-hydrogen) atoms. The Morgan fingerprint density at radius 3 is 1.15 bits per heavy atom. The van der Waals surface area contributed by atoms with Crippen molar-refractivity contribution in [2.24, 2.45) is 0 Å². The van der Waals surface area contributed by atoms with Crippen molar-refractivity contribution in [2.45, 2.75) is 356 Å². The number of carbonyl (C=O) groups excluding carboxylic acids is 1. The minimum absolute atomic E-state index is 0.243. The lowest BCUT2D eigenvalue weighted by Gasteiger charge is -2.48. The van der Waals surface area contributed by atoms with Gasteiger partial charge in [0.15, 0.2) is 18.9 Å². The van der Waals surface area contributed by atoms with E-state index in [1.54, 1.807) is 6.08 Å².